The lowest BCUT2D eigenvalue weighted by Gasteiger charge is -2.37. The Balaban J connectivity index is 1.36. The third-order valence-electron chi connectivity index (χ3n) is 5.73. The molecule has 0 atom stereocenters. The van der Waals surface area contributed by atoms with Crippen LogP contribution in [0.1, 0.15) is 44.6 Å². The maximum absolute atomic E-state index is 13.0. The number of benzene rings is 2. The van der Waals surface area contributed by atoms with Gasteiger partial charge in [0.2, 0.25) is 11.8 Å². The number of fused-ring (bicyclic) bond motifs is 1. The van der Waals surface area contributed by atoms with Gasteiger partial charge in [0.1, 0.15) is 5.60 Å². The van der Waals surface area contributed by atoms with E-state index in [0.29, 0.717) is 32.4 Å². The Kier molecular flexibility index (Phi) is 4.81. The number of hydrogen-bond donors (Lipinski definition) is 0. The molecule has 1 amide bonds. The molecule has 2 heterocycles. The van der Waals surface area contributed by atoms with E-state index in [4.69, 9.17) is 4.84 Å². The molecule has 0 bridgehead atoms. The Labute approximate surface area is 163 Å². The van der Waals surface area contributed by atoms with Crippen molar-refractivity contribution in [2.75, 3.05) is 13.1 Å². The normalized spacial score (nSPS) is 19.0. The van der Waals surface area contributed by atoms with Gasteiger partial charge in [-0.15, -0.1) is 0 Å². The van der Waals surface area contributed by atoms with Crippen LogP contribution in [-0.4, -0.2) is 41.1 Å². The number of rotatable bonds is 4. The van der Waals surface area contributed by atoms with Gasteiger partial charge in [-0.25, -0.2) is 8.78 Å². The van der Waals surface area contributed by atoms with Crippen molar-refractivity contribution >= 4 is 22.4 Å². The summed E-state index contributed by atoms with van der Waals surface area (Å²) in [6.07, 6.45) is 1.53. The predicted molar refractivity (Wildman–Crippen MR) is 105 cm³/mol. The van der Waals surface area contributed by atoms with Gasteiger partial charge in [0.15, 0.2) is 0 Å². The monoisotopic (exact) mass is 386 g/mol. The van der Waals surface area contributed by atoms with Crippen LogP contribution in [0.4, 0.5) is 8.78 Å². The SMILES string of the molecule is CC(F)(F)CCC(=O)N1CCC2(CC1)CC(c1ccc3ccccc3c1)=NO2. The van der Waals surface area contributed by atoms with Gasteiger partial charge in [0.25, 0.3) is 0 Å². The van der Waals surface area contributed by atoms with Crippen LogP contribution >= 0.6 is 0 Å². The average molecular weight is 386 g/mol. The molecule has 2 aromatic rings. The minimum absolute atomic E-state index is 0.115. The predicted octanol–water partition coefficient (Wildman–Crippen LogP) is 4.76. The Hall–Kier alpha value is -2.50. The summed E-state index contributed by atoms with van der Waals surface area (Å²) >= 11 is 0. The molecule has 0 aromatic heterocycles. The van der Waals surface area contributed by atoms with E-state index in [9.17, 15) is 13.6 Å². The highest BCUT2D eigenvalue weighted by molar-refractivity contribution is 6.04. The van der Waals surface area contributed by atoms with Crippen LogP contribution in [0.5, 0.6) is 0 Å². The first-order valence-corrected chi connectivity index (χ1v) is 9.74. The molecular weight excluding hydrogens is 362 g/mol. The number of nitrogens with zero attached hydrogens (tertiary/aromatic N) is 2. The summed E-state index contributed by atoms with van der Waals surface area (Å²) in [6, 6.07) is 14.5. The highest BCUT2D eigenvalue weighted by Gasteiger charge is 2.43. The molecule has 2 aromatic carbocycles. The summed E-state index contributed by atoms with van der Waals surface area (Å²) in [5, 5.41) is 6.69. The number of oxime groups is 1. The second kappa shape index (κ2) is 7.15. The molecule has 0 radical (unpaired) electrons. The molecule has 0 N–H and O–H groups in total. The second-order valence-corrected chi connectivity index (χ2v) is 8.00. The molecule has 1 spiro atoms. The van der Waals surface area contributed by atoms with Crippen LogP contribution in [0.25, 0.3) is 10.8 Å². The Bertz CT molecular complexity index is 912. The van der Waals surface area contributed by atoms with E-state index >= 15 is 0 Å². The molecule has 6 heteroatoms. The summed E-state index contributed by atoms with van der Waals surface area (Å²) in [6.45, 7) is 1.90. The van der Waals surface area contributed by atoms with E-state index in [-0.39, 0.29) is 17.9 Å². The van der Waals surface area contributed by atoms with Gasteiger partial charge >= 0.3 is 0 Å². The number of hydrogen-bond acceptors (Lipinski definition) is 3. The van der Waals surface area contributed by atoms with E-state index in [2.05, 4.69) is 35.5 Å². The van der Waals surface area contributed by atoms with Crippen molar-refractivity contribution < 1.29 is 18.4 Å². The van der Waals surface area contributed by atoms with Crippen LogP contribution < -0.4 is 0 Å². The fourth-order valence-corrected chi connectivity index (χ4v) is 3.96. The van der Waals surface area contributed by atoms with Crippen LogP contribution in [-0.2, 0) is 9.63 Å². The molecule has 0 saturated carbocycles. The minimum atomic E-state index is -2.80. The van der Waals surface area contributed by atoms with Gasteiger partial charge in [-0.3, -0.25) is 4.79 Å². The van der Waals surface area contributed by atoms with Crippen LogP contribution in [0, 0.1) is 0 Å². The Morgan fingerprint density at radius 1 is 1.18 bits per heavy atom. The average Bonchev–Trinajstić information content (AvgIpc) is 3.09. The van der Waals surface area contributed by atoms with Crippen LogP contribution in [0.3, 0.4) is 0 Å². The van der Waals surface area contributed by atoms with E-state index < -0.39 is 12.3 Å². The van der Waals surface area contributed by atoms with Gasteiger partial charge < -0.3 is 9.74 Å². The molecule has 1 fully saturated rings. The lowest BCUT2D eigenvalue weighted by molar-refractivity contribution is -0.138. The molecule has 0 unspecified atom stereocenters. The summed E-state index contributed by atoms with van der Waals surface area (Å²) in [7, 11) is 0. The first-order chi connectivity index (χ1) is 13.3. The zero-order valence-electron chi connectivity index (χ0n) is 16.0. The molecule has 2 aliphatic heterocycles. The molecule has 148 valence electrons. The topological polar surface area (TPSA) is 41.9 Å². The van der Waals surface area contributed by atoms with Crippen molar-refractivity contribution in [3.05, 3.63) is 48.0 Å². The third kappa shape index (κ3) is 4.01. The number of carbonyl (C=O) groups is 1. The number of amides is 1. The molecule has 28 heavy (non-hydrogen) atoms. The van der Waals surface area contributed by atoms with E-state index in [0.717, 1.165) is 23.6 Å². The fraction of sp³-hybridized carbons (Fsp3) is 0.455. The maximum atomic E-state index is 13.0. The van der Waals surface area contributed by atoms with Crippen molar-refractivity contribution in [2.45, 2.75) is 50.6 Å². The lowest BCUT2D eigenvalue weighted by atomic mass is 9.85. The smallest absolute Gasteiger partial charge is 0.245 e. The summed E-state index contributed by atoms with van der Waals surface area (Å²) < 4.78 is 26.0. The highest BCUT2D eigenvalue weighted by atomic mass is 19.3. The number of carbonyl (C=O) groups excluding carboxylic acids is 1. The minimum Gasteiger partial charge on any atom is -0.388 e. The molecular formula is C22H24F2N2O2. The Morgan fingerprint density at radius 2 is 1.89 bits per heavy atom. The van der Waals surface area contributed by atoms with Gasteiger partial charge in [0.05, 0.1) is 5.71 Å². The molecule has 1 saturated heterocycles. The zero-order valence-corrected chi connectivity index (χ0v) is 16.0. The second-order valence-electron chi connectivity index (χ2n) is 8.00. The summed E-state index contributed by atoms with van der Waals surface area (Å²) in [5.74, 6) is -3.01. The zero-order chi connectivity index (χ0) is 19.8. The number of likely N-dealkylation sites (tertiary alicyclic amines) is 1. The summed E-state index contributed by atoms with van der Waals surface area (Å²) in [5.41, 5.74) is 1.60. The van der Waals surface area contributed by atoms with Crippen molar-refractivity contribution in [1.29, 1.82) is 0 Å². The summed E-state index contributed by atoms with van der Waals surface area (Å²) in [4.78, 5) is 19.7. The van der Waals surface area contributed by atoms with Gasteiger partial charge in [-0.1, -0.05) is 41.6 Å². The quantitative estimate of drug-likeness (QED) is 0.760. The van der Waals surface area contributed by atoms with E-state index in [1.54, 1.807) is 4.90 Å². The molecule has 2 aliphatic rings. The maximum Gasteiger partial charge on any atom is 0.245 e. The lowest BCUT2D eigenvalue weighted by Crippen LogP contribution is -2.47. The largest absolute Gasteiger partial charge is 0.388 e. The fourth-order valence-electron chi connectivity index (χ4n) is 3.96. The van der Waals surface area contributed by atoms with E-state index in [1.807, 2.05) is 12.1 Å². The van der Waals surface area contributed by atoms with Crippen LogP contribution in [0.2, 0.25) is 0 Å². The molecule has 4 rings (SSSR count). The van der Waals surface area contributed by atoms with Gasteiger partial charge in [0, 0.05) is 50.8 Å². The van der Waals surface area contributed by atoms with Crippen molar-refractivity contribution in [3.63, 3.8) is 0 Å². The highest BCUT2D eigenvalue weighted by Crippen LogP contribution is 2.37. The van der Waals surface area contributed by atoms with Gasteiger partial charge in [-0.05, 0) is 23.8 Å². The molecule has 0 aliphatic carbocycles. The van der Waals surface area contributed by atoms with E-state index in [1.165, 1.54) is 5.39 Å². The third-order valence-corrected chi connectivity index (χ3v) is 5.73. The van der Waals surface area contributed by atoms with Crippen LogP contribution in [0.15, 0.2) is 47.6 Å². The van der Waals surface area contributed by atoms with Gasteiger partial charge in [-0.2, -0.15) is 0 Å². The van der Waals surface area contributed by atoms with Crippen molar-refractivity contribution in [2.24, 2.45) is 5.16 Å². The Morgan fingerprint density at radius 3 is 2.61 bits per heavy atom. The first-order valence-electron chi connectivity index (χ1n) is 9.74. The standard InChI is InChI=1S/C22H24F2N2O2/c1-21(23,24)9-8-20(27)26-12-10-22(11-13-26)15-19(25-28-22)18-7-6-16-4-2-3-5-17(16)14-18/h2-7,14H,8-13,15H2,1H3. The van der Waals surface area contributed by atoms with Crippen molar-refractivity contribution in [1.82, 2.24) is 4.90 Å². The number of halogens is 2. The molecule has 4 nitrogen and oxygen atoms in total. The first kappa shape index (κ1) is 18.8. The number of alkyl halides is 2. The number of piperidine rings is 1. The van der Waals surface area contributed by atoms with Crippen molar-refractivity contribution in [3.8, 4) is 0 Å².